The number of aliphatic imine (C=N–C) groups is 1. The van der Waals surface area contributed by atoms with Crippen LogP contribution in [0.25, 0.3) is 5.70 Å². The first-order valence-corrected chi connectivity index (χ1v) is 12.0. The van der Waals surface area contributed by atoms with Gasteiger partial charge in [0, 0.05) is 62.9 Å². The van der Waals surface area contributed by atoms with Crippen LogP contribution in [-0.4, -0.2) is 77.6 Å². The molecule has 10 heteroatoms. The Labute approximate surface area is 210 Å². The molecule has 0 amide bonds. The van der Waals surface area contributed by atoms with Gasteiger partial charge in [-0.25, -0.2) is 19.4 Å². The molecule has 2 aromatic rings. The van der Waals surface area contributed by atoms with E-state index in [1.165, 1.54) is 6.07 Å². The van der Waals surface area contributed by atoms with Crippen molar-refractivity contribution >= 4 is 29.0 Å². The molecule has 0 unspecified atom stereocenters. The van der Waals surface area contributed by atoms with Gasteiger partial charge in [-0.15, -0.1) is 0 Å². The van der Waals surface area contributed by atoms with E-state index in [2.05, 4.69) is 38.2 Å². The monoisotopic (exact) mass is 499 g/mol. The molecule has 2 aliphatic rings. The van der Waals surface area contributed by atoms with Crippen LogP contribution in [0.2, 0.25) is 5.15 Å². The molecule has 1 aromatic carbocycles. The van der Waals surface area contributed by atoms with E-state index in [9.17, 15) is 4.39 Å². The smallest absolute Gasteiger partial charge is 0.171 e. The Balaban J connectivity index is 1.62. The van der Waals surface area contributed by atoms with Gasteiger partial charge in [0.15, 0.2) is 11.0 Å². The van der Waals surface area contributed by atoms with E-state index in [1.54, 1.807) is 31.5 Å². The van der Waals surface area contributed by atoms with Crippen molar-refractivity contribution in [3.8, 4) is 0 Å². The SMILES string of the molecule is C=C(N=C(/C=C(\N)c1ccc(F)c(C)c1)N1CCN(c2nccnc2Cl)C[C@H]1C)N1CCOCC1. The van der Waals surface area contributed by atoms with Crippen LogP contribution in [0.3, 0.4) is 0 Å². The zero-order chi connectivity index (χ0) is 24.9. The zero-order valence-electron chi connectivity index (χ0n) is 20.1. The van der Waals surface area contributed by atoms with Crippen molar-refractivity contribution < 1.29 is 9.13 Å². The first kappa shape index (κ1) is 24.9. The fourth-order valence-electron chi connectivity index (χ4n) is 4.27. The maximum atomic E-state index is 13.8. The minimum Gasteiger partial charge on any atom is -0.398 e. The summed E-state index contributed by atoms with van der Waals surface area (Å²) >= 11 is 6.29. The number of hydrogen-bond acceptors (Lipinski definition) is 7. The third-order valence-electron chi connectivity index (χ3n) is 6.25. The number of amidine groups is 1. The molecule has 0 spiro atoms. The van der Waals surface area contributed by atoms with Gasteiger partial charge >= 0.3 is 0 Å². The standard InChI is InChI=1S/C25H31ClFN7O/c1-17-14-20(4-5-21(17)27)22(28)15-23(31-19(3)32-10-12-35-13-11-32)34-9-8-33(16-18(34)2)25-24(26)29-6-7-30-25/h4-7,14-15,18H,3,8-13,16,28H2,1-2H3/b22-15-,31-23?/t18-/m1/s1. The van der Waals surface area contributed by atoms with Crippen LogP contribution in [0.15, 0.2) is 54.1 Å². The number of halogens is 2. The lowest BCUT2D eigenvalue weighted by Gasteiger charge is -2.42. The number of rotatable bonds is 5. The third kappa shape index (κ3) is 5.91. The molecule has 3 heterocycles. The molecule has 0 aliphatic carbocycles. The molecule has 4 rings (SSSR count). The fraction of sp³-hybridized carbons (Fsp3) is 0.400. The fourth-order valence-corrected chi connectivity index (χ4v) is 4.49. The van der Waals surface area contributed by atoms with Crippen LogP contribution in [0, 0.1) is 12.7 Å². The highest BCUT2D eigenvalue weighted by Gasteiger charge is 2.28. The average molecular weight is 500 g/mol. The number of nitrogens with two attached hydrogens (primary N) is 1. The topological polar surface area (TPSA) is 83.1 Å². The molecule has 0 radical (unpaired) electrons. The van der Waals surface area contributed by atoms with E-state index in [0.29, 0.717) is 66.7 Å². The summed E-state index contributed by atoms with van der Waals surface area (Å²) in [6.07, 6.45) is 5.07. The molecule has 1 atom stereocenters. The number of aromatic nitrogens is 2. The van der Waals surface area contributed by atoms with Gasteiger partial charge in [0.05, 0.1) is 13.2 Å². The van der Waals surface area contributed by atoms with Crippen molar-refractivity contribution in [1.29, 1.82) is 0 Å². The molecule has 1 aromatic heterocycles. The molecule has 2 N–H and O–H groups in total. The van der Waals surface area contributed by atoms with E-state index in [4.69, 9.17) is 27.1 Å². The van der Waals surface area contributed by atoms with Crippen LogP contribution in [0.1, 0.15) is 18.1 Å². The van der Waals surface area contributed by atoms with Crippen molar-refractivity contribution in [1.82, 2.24) is 19.8 Å². The Hall–Kier alpha value is -3.17. The summed E-state index contributed by atoms with van der Waals surface area (Å²) in [6.45, 7) is 12.9. The Morgan fingerprint density at radius 3 is 2.66 bits per heavy atom. The van der Waals surface area contributed by atoms with Gasteiger partial charge in [-0.05, 0) is 43.2 Å². The van der Waals surface area contributed by atoms with E-state index < -0.39 is 0 Å². The lowest BCUT2D eigenvalue weighted by atomic mass is 10.1. The first-order chi connectivity index (χ1) is 16.8. The zero-order valence-corrected chi connectivity index (χ0v) is 20.9. The first-order valence-electron chi connectivity index (χ1n) is 11.7. The molecule has 2 saturated heterocycles. The predicted molar refractivity (Wildman–Crippen MR) is 138 cm³/mol. The summed E-state index contributed by atoms with van der Waals surface area (Å²) in [5.41, 5.74) is 8.27. The van der Waals surface area contributed by atoms with Crippen molar-refractivity contribution in [2.75, 3.05) is 50.8 Å². The van der Waals surface area contributed by atoms with Crippen molar-refractivity contribution in [2.45, 2.75) is 19.9 Å². The lowest BCUT2D eigenvalue weighted by molar-refractivity contribution is 0.0533. The normalized spacial score (nSPS) is 19.8. The minimum absolute atomic E-state index is 0.0806. The summed E-state index contributed by atoms with van der Waals surface area (Å²) in [4.78, 5) is 19.9. The Kier molecular flexibility index (Phi) is 7.87. The molecular formula is C25H31ClFN7O. The van der Waals surface area contributed by atoms with Gasteiger partial charge in [0.2, 0.25) is 0 Å². The molecule has 35 heavy (non-hydrogen) atoms. The minimum atomic E-state index is -0.261. The average Bonchev–Trinajstić information content (AvgIpc) is 2.86. The molecule has 0 saturated carbocycles. The predicted octanol–water partition coefficient (Wildman–Crippen LogP) is 3.29. The third-order valence-corrected chi connectivity index (χ3v) is 6.52. The second-order valence-electron chi connectivity index (χ2n) is 8.71. The summed E-state index contributed by atoms with van der Waals surface area (Å²) in [7, 11) is 0. The van der Waals surface area contributed by atoms with Crippen molar-refractivity contribution in [3.63, 3.8) is 0 Å². The number of piperazine rings is 1. The van der Waals surface area contributed by atoms with Crippen LogP contribution in [0.5, 0.6) is 0 Å². The Morgan fingerprint density at radius 1 is 1.23 bits per heavy atom. The van der Waals surface area contributed by atoms with Gasteiger partial charge in [-0.1, -0.05) is 18.2 Å². The molecule has 186 valence electrons. The lowest BCUT2D eigenvalue weighted by Crippen LogP contribution is -2.54. The van der Waals surface area contributed by atoms with E-state index in [1.807, 2.05) is 6.08 Å². The largest absolute Gasteiger partial charge is 0.398 e. The van der Waals surface area contributed by atoms with Crippen molar-refractivity contribution in [3.05, 3.63) is 71.2 Å². The summed E-state index contributed by atoms with van der Waals surface area (Å²) < 4.78 is 19.3. The number of hydrogen-bond donors (Lipinski definition) is 1. The quantitative estimate of drug-likeness (QED) is 0.499. The number of ether oxygens (including phenoxy) is 1. The summed E-state index contributed by atoms with van der Waals surface area (Å²) in [6, 6.07) is 4.94. The number of anilines is 1. The van der Waals surface area contributed by atoms with Gasteiger partial charge in [0.25, 0.3) is 0 Å². The maximum absolute atomic E-state index is 13.8. The number of aryl methyl sites for hydroxylation is 1. The second kappa shape index (κ2) is 11.0. The van der Waals surface area contributed by atoms with Crippen molar-refractivity contribution in [2.24, 2.45) is 10.7 Å². The summed E-state index contributed by atoms with van der Waals surface area (Å²) in [5.74, 6) is 1.78. The molecular weight excluding hydrogens is 469 g/mol. The molecule has 0 bridgehead atoms. The maximum Gasteiger partial charge on any atom is 0.171 e. The van der Waals surface area contributed by atoms with Gasteiger partial charge in [-0.3, -0.25) is 0 Å². The van der Waals surface area contributed by atoms with E-state index in [0.717, 1.165) is 18.7 Å². The number of morpholine rings is 1. The molecule has 2 fully saturated rings. The van der Waals surface area contributed by atoms with E-state index in [-0.39, 0.29) is 11.9 Å². The van der Waals surface area contributed by atoms with Crippen LogP contribution in [-0.2, 0) is 4.74 Å². The molecule has 8 nitrogen and oxygen atoms in total. The van der Waals surface area contributed by atoms with Gasteiger partial charge in [0.1, 0.15) is 17.5 Å². The number of nitrogens with zero attached hydrogens (tertiary/aromatic N) is 6. The summed E-state index contributed by atoms with van der Waals surface area (Å²) in [5, 5.41) is 0.388. The van der Waals surface area contributed by atoms with E-state index >= 15 is 0 Å². The highest BCUT2D eigenvalue weighted by molar-refractivity contribution is 6.31. The van der Waals surface area contributed by atoms with Crippen LogP contribution >= 0.6 is 11.6 Å². The second-order valence-corrected chi connectivity index (χ2v) is 9.07. The van der Waals surface area contributed by atoms with Gasteiger partial charge in [-0.2, -0.15) is 0 Å². The highest BCUT2D eigenvalue weighted by Crippen LogP contribution is 2.24. The highest BCUT2D eigenvalue weighted by atomic mass is 35.5. The Morgan fingerprint density at radius 2 is 1.97 bits per heavy atom. The Bertz CT molecular complexity index is 1130. The van der Waals surface area contributed by atoms with Crippen LogP contribution in [0.4, 0.5) is 10.2 Å². The molecule has 2 aliphatic heterocycles. The number of benzene rings is 1. The van der Waals surface area contributed by atoms with Crippen LogP contribution < -0.4 is 10.6 Å². The van der Waals surface area contributed by atoms with Gasteiger partial charge < -0.3 is 25.2 Å².